The lowest BCUT2D eigenvalue weighted by Crippen LogP contribution is -2.17. The normalized spacial score (nSPS) is 13.2. The Kier molecular flexibility index (Phi) is 4.54. The third-order valence-electron chi connectivity index (χ3n) is 2.93. The van der Waals surface area contributed by atoms with Crippen LogP contribution >= 0.6 is 22.7 Å². The molecular weight excluding hydrogens is 260 g/mol. The van der Waals surface area contributed by atoms with Gasteiger partial charge in [-0.05, 0) is 36.2 Å². The number of nitrogens with one attached hydrogen (secondary N) is 1. The van der Waals surface area contributed by atoms with Crippen LogP contribution in [0.2, 0.25) is 0 Å². The van der Waals surface area contributed by atoms with Crippen LogP contribution in [-0.2, 0) is 6.54 Å². The highest BCUT2D eigenvalue weighted by molar-refractivity contribution is 7.11. The van der Waals surface area contributed by atoms with E-state index in [9.17, 15) is 0 Å². The summed E-state index contributed by atoms with van der Waals surface area (Å²) in [6.07, 6.45) is 0. The van der Waals surface area contributed by atoms with E-state index >= 15 is 0 Å². The minimum absolute atomic E-state index is 0.370. The van der Waals surface area contributed by atoms with E-state index in [1.165, 1.54) is 21.1 Å². The molecule has 98 valence electrons. The van der Waals surface area contributed by atoms with E-state index in [-0.39, 0.29) is 0 Å². The van der Waals surface area contributed by atoms with Gasteiger partial charge in [0.05, 0.1) is 10.7 Å². The van der Waals surface area contributed by atoms with Crippen molar-refractivity contribution in [1.82, 2.24) is 10.3 Å². The van der Waals surface area contributed by atoms with Gasteiger partial charge in [0.25, 0.3) is 0 Å². The van der Waals surface area contributed by atoms with Crippen LogP contribution in [0.5, 0.6) is 0 Å². The molecule has 0 aromatic carbocycles. The first kappa shape index (κ1) is 13.7. The van der Waals surface area contributed by atoms with Gasteiger partial charge in [-0.3, -0.25) is 0 Å². The molecule has 2 heterocycles. The van der Waals surface area contributed by atoms with Gasteiger partial charge in [0, 0.05) is 23.4 Å². The lowest BCUT2D eigenvalue weighted by atomic mass is 10.2. The van der Waals surface area contributed by atoms with Gasteiger partial charge in [-0.2, -0.15) is 11.3 Å². The molecule has 2 aromatic rings. The first-order valence-electron chi connectivity index (χ1n) is 6.29. The minimum Gasteiger partial charge on any atom is -0.305 e. The van der Waals surface area contributed by atoms with Crippen LogP contribution in [0.25, 0.3) is 0 Å². The third kappa shape index (κ3) is 3.19. The molecular formula is C14H20N2S2. The van der Waals surface area contributed by atoms with Gasteiger partial charge in [-0.25, -0.2) is 4.98 Å². The Morgan fingerprint density at radius 3 is 2.67 bits per heavy atom. The summed E-state index contributed by atoms with van der Waals surface area (Å²) < 4.78 is 0. The maximum absolute atomic E-state index is 4.66. The second kappa shape index (κ2) is 5.95. The molecule has 1 unspecified atom stereocenters. The summed E-state index contributed by atoms with van der Waals surface area (Å²) in [5.41, 5.74) is 2.53. The minimum atomic E-state index is 0.370. The van der Waals surface area contributed by atoms with Crippen LogP contribution in [0.3, 0.4) is 0 Å². The van der Waals surface area contributed by atoms with Crippen molar-refractivity contribution in [3.63, 3.8) is 0 Å². The number of aromatic nitrogens is 1. The second-order valence-electron chi connectivity index (χ2n) is 4.89. The molecule has 2 nitrogen and oxygen atoms in total. The summed E-state index contributed by atoms with van der Waals surface area (Å²) in [4.78, 5) is 6.03. The van der Waals surface area contributed by atoms with Crippen molar-refractivity contribution in [2.45, 2.75) is 46.2 Å². The maximum Gasteiger partial charge on any atom is 0.0956 e. The van der Waals surface area contributed by atoms with E-state index in [1.54, 1.807) is 11.3 Å². The van der Waals surface area contributed by atoms with E-state index < -0.39 is 0 Å². The lowest BCUT2D eigenvalue weighted by molar-refractivity contribution is 0.580. The van der Waals surface area contributed by atoms with Crippen molar-refractivity contribution >= 4 is 22.7 Å². The summed E-state index contributed by atoms with van der Waals surface area (Å²) in [5, 5.41) is 9.13. The van der Waals surface area contributed by atoms with Gasteiger partial charge in [-0.15, -0.1) is 11.3 Å². The van der Waals surface area contributed by atoms with E-state index in [0.29, 0.717) is 12.0 Å². The van der Waals surface area contributed by atoms with Crippen molar-refractivity contribution in [1.29, 1.82) is 0 Å². The average molecular weight is 280 g/mol. The van der Waals surface area contributed by atoms with Crippen molar-refractivity contribution in [3.05, 3.63) is 38.0 Å². The summed E-state index contributed by atoms with van der Waals surface area (Å²) >= 11 is 3.59. The Hall–Kier alpha value is -0.710. The van der Waals surface area contributed by atoms with E-state index in [2.05, 4.69) is 54.8 Å². The Morgan fingerprint density at radius 1 is 1.33 bits per heavy atom. The van der Waals surface area contributed by atoms with Gasteiger partial charge in [0.1, 0.15) is 0 Å². The average Bonchev–Trinajstić information content (AvgIpc) is 2.94. The van der Waals surface area contributed by atoms with Gasteiger partial charge in [0.15, 0.2) is 0 Å². The molecule has 0 amide bonds. The first-order valence-corrected chi connectivity index (χ1v) is 8.05. The summed E-state index contributed by atoms with van der Waals surface area (Å²) in [7, 11) is 0. The zero-order valence-electron chi connectivity index (χ0n) is 11.4. The number of aryl methyl sites for hydroxylation is 1. The standard InChI is InChI=1S/C14H20N2S2/c1-9(2)14-16-11(4)13(18-14)10(3)15-7-12-5-6-17-8-12/h5-6,8-10,15H,7H2,1-4H3. The number of hydrogen-bond donors (Lipinski definition) is 1. The summed E-state index contributed by atoms with van der Waals surface area (Å²) in [5.74, 6) is 0.520. The quantitative estimate of drug-likeness (QED) is 0.873. The number of thiophene rings is 1. The second-order valence-corrected chi connectivity index (χ2v) is 6.73. The third-order valence-corrected chi connectivity index (χ3v) is 5.30. The lowest BCUT2D eigenvalue weighted by Gasteiger charge is -2.12. The first-order chi connectivity index (χ1) is 8.58. The number of thiazole rings is 1. The topological polar surface area (TPSA) is 24.9 Å². The summed E-state index contributed by atoms with van der Waals surface area (Å²) in [6, 6.07) is 2.54. The molecule has 0 bridgehead atoms. The Bertz CT molecular complexity index is 486. The molecule has 0 aliphatic carbocycles. The fourth-order valence-corrected chi connectivity index (χ4v) is 3.60. The molecule has 0 spiro atoms. The molecule has 2 aromatic heterocycles. The van der Waals surface area contributed by atoms with Crippen molar-refractivity contribution in [2.75, 3.05) is 0 Å². The van der Waals surface area contributed by atoms with E-state index in [1.807, 2.05) is 11.3 Å². The van der Waals surface area contributed by atoms with Gasteiger partial charge in [-0.1, -0.05) is 13.8 Å². The smallest absolute Gasteiger partial charge is 0.0956 e. The Labute approximate surface area is 117 Å². The highest BCUT2D eigenvalue weighted by Gasteiger charge is 2.15. The van der Waals surface area contributed by atoms with Crippen LogP contribution in [0.4, 0.5) is 0 Å². The zero-order valence-corrected chi connectivity index (χ0v) is 13.0. The monoisotopic (exact) mass is 280 g/mol. The van der Waals surface area contributed by atoms with Crippen LogP contribution < -0.4 is 5.32 Å². The Balaban J connectivity index is 2.02. The predicted octanol–water partition coefficient (Wildman–Crippen LogP) is 4.49. The molecule has 0 radical (unpaired) electrons. The van der Waals surface area contributed by atoms with E-state index in [4.69, 9.17) is 0 Å². The molecule has 18 heavy (non-hydrogen) atoms. The van der Waals surface area contributed by atoms with Crippen LogP contribution in [0, 0.1) is 6.92 Å². The molecule has 4 heteroatoms. The Morgan fingerprint density at radius 2 is 2.11 bits per heavy atom. The number of nitrogens with zero attached hydrogens (tertiary/aromatic N) is 1. The van der Waals surface area contributed by atoms with Crippen molar-refractivity contribution in [2.24, 2.45) is 0 Å². The molecule has 1 atom stereocenters. The SMILES string of the molecule is Cc1nc(C(C)C)sc1C(C)NCc1ccsc1. The maximum atomic E-state index is 4.66. The molecule has 0 fully saturated rings. The van der Waals surface area contributed by atoms with Crippen molar-refractivity contribution < 1.29 is 0 Å². The van der Waals surface area contributed by atoms with Gasteiger partial charge < -0.3 is 5.32 Å². The fourth-order valence-electron chi connectivity index (χ4n) is 1.84. The van der Waals surface area contributed by atoms with E-state index in [0.717, 1.165) is 6.54 Å². The van der Waals surface area contributed by atoms with Gasteiger partial charge >= 0.3 is 0 Å². The molecule has 2 rings (SSSR count). The number of hydrogen-bond acceptors (Lipinski definition) is 4. The highest BCUT2D eigenvalue weighted by atomic mass is 32.1. The van der Waals surface area contributed by atoms with Crippen LogP contribution in [0.15, 0.2) is 16.8 Å². The molecule has 0 saturated carbocycles. The molecule has 0 aliphatic rings. The fraction of sp³-hybridized carbons (Fsp3) is 0.500. The van der Waals surface area contributed by atoms with Crippen molar-refractivity contribution in [3.8, 4) is 0 Å². The highest BCUT2D eigenvalue weighted by Crippen LogP contribution is 2.29. The number of rotatable bonds is 5. The van der Waals surface area contributed by atoms with Crippen LogP contribution in [0.1, 0.15) is 53.9 Å². The molecule has 0 aliphatic heterocycles. The summed E-state index contributed by atoms with van der Waals surface area (Å²) in [6.45, 7) is 9.66. The predicted molar refractivity (Wildman–Crippen MR) is 80.5 cm³/mol. The molecule has 1 N–H and O–H groups in total. The van der Waals surface area contributed by atoms with Gasteiger partial charge in [0.2, 0.25) is 0 Å². The largest absolute Gasteiger partial charge is 0.305 e. The molecule has 0 saturated heterocycles. The van der Waals surface area contributed by atoms with Crippen LogP contribution in [-0.4, -0.2) is 4.98 Å². The zero-order chi connectivity index (χ0) is 13.1.